The Bertz CT molecular complexity index is 471. The van der Waals surface area contributed by atoms with E-state index < -0.39 is 16.1 Å². The molecule has 1 heterocycles. The zero-order valence-electron chi connectivity index (χ0n) is 10.5. The summed E-state index contributed by atoms with van der Waals surface area (Å²) in [5.41, 5.74) is 5.38. The highest BCUT2D eigenvalue weighted by Crippen LogP contribution is 2.09. The molecule has 6 nitrogen and oxygen atoms in total. The molecule has 0 aliphatic heterocycles. The number of rotatable bonds is 6. The number of sulfonamides is 1. The number of aliphatic hydroxyl groups is 1. The van der Waals surface area contributed by atoms with Gasteiger partial charge in [-0.15, -0.1) is 0 Å². The van der Waals surface area contributed by atoms with E-state index in [1.807, 2.05) is 13.8 Å². The molecule has 0 aromatic carbocycles. The molecule has 1 aromatic heterocycles. The lowest BCUT2D eigenvalue weighted by Gasteiger charge is -2.14. The van der Waals surface area contributed by atoms with Crippen LogP contribution in [0.25, 0.3) is 0 Å². The Labute approximate surface area is 107 Å². The topological polar surface area (TPSA) is 105 Å². The molecule has 0 aliphatic carbocycles. The number of hydrogen-bond donors (Lipinski definition) is 3. The molecule has 0 bridgehead atoms. The molecule has 1 rings (SSSR count). The SMILES string of the molecule is CC(C)CC(O)CNS(=O)(=O)c1ccc(N)nc1. The Morgan fingerprint density at radius 3 is 2.61 bits per heavy atom. The van der Waals surface area contributed by atoms with Gasteiger partial charge in [0.15, 0.2) is 0 Å². The van der Waals surface area contributed by atoms with Crippen LogP contribution in [0, 0.1) is 5.92 Å². The number of aliphatic hydroxyl groups excluding tert-OH is 1. The van der Waals surface area contributed by atoms with E-state index in [4.69, 9.17) is 5.73 Å². The maximum Gasteiger partial charge on any atom is 0.242 e. The molecule has 0 amide bonds. The first-order valence-electron chi connectivity index (χ1n) is 5.70. The Morgan fingerprint density at radius 2 is 2.11 bits per heavy atom. The molecule has 0 spiro atoms. The second-order valence-corrected chi connectivity index (χ2v) is 6.32. The van der Waals surface area contributed by atoms with Crippen molar-refractivity contribution in [1.82, 2.24) is 9.71 Å². The molecule has 4 N–H and O–H groups in total. The first-order chi connectivity index (χ1) is 8.31. The van der Waals surface area contributed by atoms with Crippen molar-refractivity contribution in [3.8, 4) is 0 Å². The van der Waals surface area contributed by atoms with Crippen LogP contribution in [0.15, 0.2) is 23.2 Å². The zero-order chi connectivity index (χ0) is 13.8. The Hall–Kier alpha value is -1.18. The van der Waals surface area contributed by atoms with E-state index in [-0.39, 0.29) is 17.3 Å². The molecule has 0 saturated carbocycles. The Balaban J connectivity index is 2.63. The first kappa shape index (κ1) is 14.9. The molecule has 1 unspecified atom stereocenters. The van der Waals surface area contributed by atoms with Crippen molar-refractivity contribution >= 4 is 15.8 Å². The van der Waals surface area contributed by atoms with Crippen molar-refractivity contribution in [2.45, 2.75) is 31.3 Å². The molecule has 1 atom stereocenters. The van der Waals surface area contributed by atoms with Crippen LogP contribution in [-0.2, 0) is 10.0 Å². The summed E-state index contributed by atoms with van der Waals surface area (Å²) in [4.78, 5) is 3.75. The van der Waals surface area contributed by atoms with Crippen LogP contribution in [-0.4, -0.2) is 31.2 Å². The molecular weight excluding hydrogens is 254 g/mol. The van der Waals surface area contributed by atoms with E-state index in [0.717, 1.165) is 0 Å². The summed E-state index contributed by atoms with van der Waals surface area (Å²) in [5, 5.41) is 9.61. The van der Waals surface area contributed by atoms with E-state index >= 15 is 0 Å². The average Bonchev–Trinajstić information content (AvgIpc) is 2.26. The minimum Gasteiger partial charge on any atom is -0.392 e. The minimum atomic E-state index is -3.64. The lowest BCUT2D eigenvalue weighted by Crippen LogP contribution is -2.32. The van der Waals surface area contributed by atoms with E-state index in [1.54, 1.807) is 0 Å². The maximum atomic E-state index is 11.8. The lowest BCUT2D eigenvalue weighted by molar-refractivity contribution is 0.152. The highest BCUT2D eigenvalue weighted by Gasteiger charge is 2.16. The average molecular weight is 273 g/mol. The molecule has 7 heteroatoms. The molecule has 102 valence electrons. The fourth-order valence-electron chi connectivity index (χ4n) is 1.47. The number of pyridine rings is 1. The molecule has 0 saturated heterocycles. The van der Waals surface area contributed by atoms with Gasteiger partial charge in [-0.2, -0.15) is 0 Å². The van der Waals surface area contributed by atoms with Gasteiger partial charge in [-0.05, 0) is 24.5 Å². The number of aromatic nitrogens is 1. The number of hydrogen-bond acceptors (Lipinski definition) is 5. The van der Waals surface area contributed by atoms with Crippen LogP contribution in [0.3, 0.4) is 0 Å². The number of nitrogens with zero attached hydrogens (tertiary/aromatic N) is 1. The van der Waals surface area contributed by atoms with Gasteiger partial charge < -0.3 is 10.8 Å². The van der Waals surface area contributed by atoms with Gasteiger partial charge in [-0.3, -0.25) is 0 Å². The molecule has 18 heavy (non-hydrogen) atoms. The van der Waals surface area contributed by atoms with Crippen molar-refractivity contribution in [3.63, 3.8) is 0 Å². The summed E-state index contributed by atoms with van der Waals surface area (Å²) >= 11 is 0. The van der Waals surface area contributed by atoms with Gasteiger partial charge in [-0.25, -0.2) is 18.1 Å². The van der Waals surface area contributed by atoms with Gasteiger partial charge in [0.25, 0.3) is 0 Å². The second-order valence-electron chi connectivity index (χ2n) is 4.55. The summed E-state index contributed by atoms with van der Waals surface area (Å²) in [6, 6.07) is 2.79. The van der Waals surface area contributed by atoms with Crippen molar-refractivity contribution in [2.24, 2.45) is 5.92 Å². The van der Waals surface area contributed by atoms with Gasteiger partial charge in [-0.1, -0.05) is 13.8 Å². The molecule has 0 fully saturated rings. The highest BCUT2D eigenvalue weighted by molar-refractivity contribution is 7.89. The first-order valence-corrected chi connectivity index (χ1v) is 7.19. The quantitative estimate of drug-likeness (QED) is 0.693. The van der Waals surface area contributed by atoms with Crippen LogP contribution in [0.4, 0.5) is 5.82 Å². The Kier molecular flexibility index (Phi) is 5.06. The van der Waals surface area contributed by atoms with Crippen LogP contribution < -0.4 is 10.5 Å². The van der Waals surface area contributed by atoms with Gasteiger partial charge in [0.05, 0.1) is 6.10 Å². The molecule has 0 aliphatic rings. The standard InChI is InChI=1S/C11H19N3O3S/c1-8(2)5-9(15)6-14-18(16,17)10-3-4-11(12)13-7-10/h3-4,7-9,14-15H,5-6H2,1-2H3,(H2,12,13). The van der Waals surface area contributed by atoms with Crippen molar-refractivity contribution < 1.29 is 13.5 Å². The normalized spacial score (nSPS) is 13.8. The minimum absolute atomic E-state index is 0.00904. The Morgan fingerprint density at radius 1 is 1.44 bits per heavy atom. The third-order valence-electron chi connectivity index (χ3n) is 2.32. The van der Waals surface area contributed by atoms with Crippen molar-refractivity contribution in [2.75, 3.05) is 12.3 Å². The molecule has 1 aromatic rings. The predicted molar refractivity (Wildman–Crippen MR) is 69.3 cm³/mol. The monoisotopic (exact) mass is 273 g/mol. The fourth-order valence-corrected chi connectivity index (χ4v) is 2.48. The van der Waals surface area contributed by atoms with Gasteiger partial charge in [0.2, 0.25) is 10.0 Å². The van der Waals surface area contributed by atoms with E-state index in [9.17, 15) is 13.5 Å². The number of nitrogens with one attached hydrogen (secondary N) is 1. The predicted octanol–water partition coefficient (Wildman–Crippen LogP) is 0.349. The van der Waals surface area contributed by atoms with Gasteiger partial charge >= 0.3 is 0 Å². The van der Waals surface area contributed by atoms with Gasteiger partial charge in [0, 0.05) is 12.7 Å². The molecule has 0 radical (unpaired) electrons. The third kappa shape index (κ3) is 4.59. The molecular formula is C11H19N3O3S. The highest BCUT2D eigenvalue weighted by atomic mass is 32.2. The second kappa shape index (κ2) is 6.12. The summed E-state index contributed by atoms with van der Waals surface area (Å²) in [5.74, 6) is 0.566. The van der Waals surface area contributed by atoms with E-state index in [2.05, 4.69) is 9.71 Å². The van der Waals surface area contributed by atoms with Crippen LogP contribution >= 0.6 is 0 Å². The largest absolute Gasteiger partial charge is 0.392 e. The van der Waals surface area contributed by atoms with Crippen LogP contribution in [0.5, 0.6) is 0 Å². The summed E-state index contributed by atoms with van der Waals surface area (Å²) in [6.45, 7) is 3.91. The third-order valence-corrected chi connectivity index (χ3v) is 3.73. The zero-order valence-corrected chi connectivity index (χ0v) is 11.3. The smallest absolute Gasteiger partial charge is 0.242 e. The van der Waals surface area contributed by atoms with Gasteiger partial charge in [0.1, 0.15) is 10.7 Å². The van der Waals surface area contributed by atoms with Crippen LogP contribution in [0.2, 0.25) is 0 Å². The summed E-state index contributed by atoms with van der Waals surface area (Å²) in [6.07, 6.45) is 1.04. The summed E-state index contributed by atoms with van der Waals surface area (Å²) < 4.78 is 26.0. The lowest BCUT2D eigenvalue weighted by atomic mass is 10.1. The van der Waals surface area contributed by atoms with E-state index in [1.165, 1.54) is 18.3 Å². The van der Waals surface area contributed by atoms with Crippen molar-refractivity contribution in [3.05, 3.63) is 18.3 Å². The number of anilines is 1. The van der Waals surface area contributed by atoms with E-state index in [0.29, 0.717) is 12.3 Å². The fraction of sp³-hybridized carbons (Fsp3) is 0.545. The maximum absolute atomic E-state index is 11.8. The van der Waals surface area contributed by atoms with Crippen LogP contribution in [0.1, 0.15) is 20.3 Å². The number of nitrogen functional groups attached to an aromatic ring is 1. The summed E-state index contributed by atoms with van der Waals surface area (Å²) in [7, 11) is -3.64. The van der Waals surface area contributed by atoms with Crippen molar-refractivity contribution in [1.29, 1.82) is 0 Å². The number of nitrogens with two attached hydrogens (primary N) is 1.